The molecule has 79 heavy (non-hydrogen) atoms. The smallest absolute Gasteiger partial charge is 0.306 e. The second-order valence-electron chi connectivity index (χ2n) is 22.7. The van der Waals surface area contributed by atoms with Gasteiger partial charge in [0.25, 0.3) is 0 Å². The molecule has 0 aliphatic rings. The second kappa shape index (κ2) is 67.1. The highest BCUT2D eigenvalue weighted by Crippen LogP contribution is 2.18. The first-order valence-corrected chi connectivity index (χ1v) is 34.1. The van der Waals surface area contributed by atoms with Crippen LogP contribution >= 0.6 is 0 Å². The average Bonchev–Trinajstić information content (AvgIpc) is 3.45. The molecule has 0 aromatic heterocycles. The molecule has 0 aromatic carbocycles. The van der Waals surface area contributed by atoms with Crippen molar-refractivity contribution >= 4 is 17.9 Å². The van der Waals surface area contributed by atoms with Crippen LogP contribution < -0.4 is 0 Å². The van der Waals surface area contributed by atoms with E-state index in [4.69, 9.17) is 14.2 Å². The lowest BCUT2D eigenvalue weighted by molar-refractivity contribution is -0.167. The Morgan fingerprint density at radius 1 is 0.266 bits per heavy atom. The third-order valence-electron chi connectivity index (χ3n) is 14.9. The molecule has 0 rings (SSSR count). The van der Waals surface area contributed by atoms with Crippen LogP contribution in [0.15, 0.2) is 85.1 Å². The fourth-order valence-electron chi connectivity index (χ4n) is 9.86. The van der Waals surface area contributed by atoms with Crippen LogP contribution in [0.4, 0.5) is 0 Å². The van der Waals surface area contributed by atoms with Gasteiger partial charge in [-0.3, -0.25) is 14.4 Å². The maximum Gasteiger partial charge on any atom is 0.306 e. The Balaban J connectivity index is 4.33. The summed E-state index contributed by atoms with van der Waals surface area (Å²) in [6.45, 7) is 6.45. The third-order valence-corrected chi connectivity index (χ3v) is 14.9. The van der Waals surface area contributed by atoms with Gasteiger partial charge in [-0.05, 0) is 89.9 Å². The lowest BCUT2D eigenvalue weighted by Gasteiger charge is -2.18. The van der Waals surface area contributed by atoms with Crippen molar-refractivity contribution in [2.24, 2.45) is 0 Å². The molecule has 0 fully saturated rings. The quantitative estimate of drug-likeness (QED) is 0.0261. The number of carbonyl (C=O) groups excluding carboxylic acids is 3. The Morgan fingerprint density at radius 2 is 0.494 bits per heavy atom. The lowest BCUT2D eigenvalue weighted by Crippen LogP contribution is -2.30. The number of ether oxygens (including phenoxy) is 3. The van der Waals surface area contributed by atoms with Gasteiger partial charge >= 0.3 is 17.9 Å². The van der Waals surface area contributed by atoms with Crippen LogP contribution in [0.2, 0.25) is 0 Å². The largest absolute Gasteiger partial charge is 0.462 e. The molecule has 0 aliphatic carbocycles. The van der Waals surface area contributed by atoms with Gasteiger partial charge in [-0.2, -0.15) is 0 Å². The van der Waals surface area contributed by atoms with E-state index in [1.165, 1.54) is 180 Å². The summed E-state index contributed by atoms with van der Waals surface area (Å²) >= 11 is 0. The molecule has 0 saturated heterocycles. The highest BCUT2D eigenvalue weighted by atomic mass is 16.6. The average molecular weight is 1100 g/mol. The van der Waals surface area contributed by atoms with Crippen LogP contribution in [0.25, 0.3) is 0 Å². The van der Waals surface area contributed by atoms with Crippen LogP contribution in [-0.4, -0.2) is 37.2 Å². The van der Waals surface area contributed by atoms with Crippen LogP contribution in [-0.2, 0) is 28.6 Å². The van der Waals surface area contributed by atoms with E-state index >= 15 is 0 Å². The molecule has 0 N–H and O–H groups in total. The molecule has 1 atom stereocenters. The van der Waals surface area contributed by atoms with E-state index in [9.17, 15) is 14.4 Å². The van der Waals surface area contributed by atoms with Gasteiger partial charge in [-0.15, -0.1) is 0 Å². The summed E-state index contributed by atoms with van der Waals surface area (Å²) in [5, 5.41) is 0. The monoisotopic (exact) mass is 1100 g/mol. The van der Waals surface area contributed by atoms with E-state index in [-0.39, 0.29) is 31.1 Å². The van der Waals surface area contributed by atoms with E-state index < -0.39 is 6.10 Å². The van der Waals surface area contributed by atoms with Gasteiger partial charge in [-0.25, -0.2) is 0 Å². The maximum absolute atomic E-state index is 13.0. The summed E-state index contributed by atoms with van der Waals surface area (Å²) in [5.74, 6) is -0.884. The minimum Gasteiger partial charge on any atom is -0.462 e. The Bertz CT molecular complexity index is 1500. The van der Waals surface area contributed by atoms with Crippen molar-refractivity contribution in [3.8, 4) is 0 Å². The highest BCUT2D eigenvalue weighted by molar-refractivity contribution is 5.71. The highest BCUT2D eigenvalue weighted by Gasteiger charge is 2.19. The number of unbranched alkanes of at least 4 members (excludes halogenated alkanes) is 37. The molecule has 0 aromatic rings. The standard InChI is InChI=1S/C73H128O6/c1-4-7-10-13-16-19-22-25-28-30-32-34-36-38-40-42-45-48-51-54-57-60-63-66-72(75)78-69-70(68-77-71(74)65-62-59-56-53-50-47-44-27-24-21-18-15-12-9-6-3)79-73(76)67-64-61-58-55-52-49-46-43-41-39-37-35-33-31-29-26-23-20-17-14-11-8-5-2/h7,9-10,12,16,18-19,21,25,27-28,32,34,44,70H,4-6,8,11,13-15,17,20,22-24,26,29-31,33,35-43,45-69H2,1-3H3/b10-7-,12-9-,19-16-,21-18-,28-25-,34-32-,44-27-. The molecule has 6 heteroatoms. The van der Waals surface area contributed by atoms with Crippen molar-refractivity contribution in [3.05, 3.63) is 85.1 Å². The van der Waals surface area contributed by atoms with E-state index in [1.807, 2.05) is 0 Å². The zero-order valence-electron chi connectivity index (χ0n) is 52.4. The predicted molar refractivity (Wildman–Crippen MR) is 344 cm³/mol. The summed E-state index contributed by atoms with van der Waals surface area (Å²) < 4.78 is 17.0. The zero-order valence-corrected chi connectivity index (χ0v) is 52.4. The van der Waals surface area contributed by atoms with Gasteiger partial charge in [0.15, 0.2) is 6.10 Å². The first-order valence-electron chi connectivity index (χ1n) is 34.1. The number of hydrogen-bond donors (Lipinski definition) is 0. The summed E-state index contributed by atoms with van der Waals surface area (Å²) in [6, 6.07) is 0. The molecule has 1 unspecified atom stereocenters. The third kappa shape index (κ3) is 65.3. The van der Waals surface area contributed by atoms with Crippen molar-refractivity contribution in [2.45, 2.75) is 348 Å². The minimum absolute atomic E-state index is 0.0816. The Kier molecular flexibility index (Phi) is 64.2. The molecule has 456 valence electrons. The molecule has 0 saturated carbocycles. The maximum atomic E-state index is 13.0. The van der Waals surface area contributed by atoms with E-state index in [1.54, 1.807) is 0 Å². The molecular formula is C73H128O6. The van der Waals surface area contributed by atoms with Crippen molar-refractivity contribution < 1.29 is 28.6 Å². The fourth-order valence-corrected chi connectivity index (χ4v) is 9.86. The Labute approximate surface area is 490 Å². The first kappa shape index (κ1) is 75.6. The molecule has 0 bridgehead atoms. The van der Waals surface area contributed by atoms with E-state index in [2.05, 4.69) is 106 Å². The summed E-state index contributed by atoms with van der Waals surface area (Å²) in [5.41, 5.74) is 0. The Morgan fingerprint density at radius 3 is 0.772 bits per heavy atom. The van der Waals surface area contributed by atoms with Crippen LogP contribution in [0.3, 0.4) is 0 Å². The first-order chi connectivity index (χ1) is 39.0. The van der Waals surface area contributed by atoms with E-state index in [0.29, 0.717) is 19.3 Å². The van der Waals surface area contributed by atoms with Crippen LogP contribution in [0.5, 0.6) is 0 Å². The van der Waals surface area contributed by atoms with Crippen LogP contribution in [0.1, 0.15) is 342 Å². The van der Waals surface area contributed by atoms with Crippen LogP contribution in [0, 0.1) is 0 Å². The molecular weight excluding hydrogens is 973 g/mol. The second-order valence-corrected chi connectivity index (χ2v) is 22.7. The van der Waals surface area contributed by atoms with Crippen molar-refractivity contribution in [1.82, 2.24) is 0 Å². The van der Waals surface area contributed by atoms with E-state index in [0.717, 1.165) is 122 Å². The number of hydrogen-bond acceptors (Lipinski definition) is 6. The molecule has 0 heterocycles. The summed E-state index contributed by atoms with van der Waals surface area (Å²) in [4.78, 5) is 38.4. The normalized spacial score (nSPS) is 12.6. The van der Waals surface area contributed by atoms with Gasteiger partial charge in [-0.1, -0.05) is 318 Å². The van der Waals surface area contributed by atoms with Gasteiger partial charge < -0.3 is 14.2 Å². The molecule has 0 radical (unpaired) electrons. The number of carbonyl (C=O) groups is 3. The topological polar surface area (TPSA) is 78.9 Å². The van der Waals surface area contributed by atoms with Crippen molar-refractivity contribution in [1.29, 1.82) is 0 Å². The predicted octanol–water partition coefficient (Wildman–Crippen LogP) is 23.4. The molecule has 0 amide bonds. The number of allylic oxidation sites excluding steroid dienone is 14. The van der Waals surface area contributed by atoms with Gasteiger partial charge in [0.1, 0.15) is 13.2 Å². The SMILES string of the molecule is CC/C=C\C/C=C\C/C=C\C/C=C\CCCCCCCCCCCCC(=O)OCC(COC(=O)CCCCCCC/C=C\C/C=C\C/C=C\CC)OC(=O)CCCCCCCCCCCCCCCCCCCCCCCCC. The molecule has 0 spiro atoms. The lowest BCUT2D eigenvalue weighted by atomic mass is 10.0. The van der Waals surface area contributed by atoms with Gasteiger partial charge in [0, 0.05) is 19.3 Å². The molecule has 6 nitrogen and oxygen atoms in total. The molecule has 0 aliphatic heterocycles. The van der Waals surface area contributed by atoms with Crippen molar-refractivity contribution in [2.75, 3.05) is 13.2 Å². The fraction of sp³-hybridized carbons (Fsp3) is 0.767. The summed E-state index contributed by atoms with van der Waals surface area (Å²) in [7, 11) is 0. The minimum atomic E-state index is -0.786. The zero-order chi connectivity index (χ0) is 57.1. The number of rotatable bonds is 62. The van der Waals surface area contributed by atoms with Gasteiger partial charge in [0.05, 0.1) is 0 Å². The van der Waals surface area contributed by atoms with Gasteiger partial charge in [0.2, 0.25) is 0 Å². The number of esters is 3. The van der Waals surface area contributed by atoms with Crippen molar-refractivity contribution in [3.63, 3.8) is 0 Å². The Hall–Kier alpha value is -3.41. The summed E-state index contributed by atoms with van der Waals surface area (Å²) in [6.07, 6.45) is 88.9.